The Morgan fingerprint density at radius 2 is 1.88 bits per heavy atom. The Balaban J connectivity index is 2.07. The van der Waals surface area contributed by atoms with E-state index in [1.807, 2.05) is 23.6 Å². The molecule has 0 radical (unpaired) electrons. The molecule has 1 heterocycles. The molecule has 0 aliphatic heterocycles. The van der Waals surface area contributed by atoms with E-state index in [-0.39, 0.29) is 0 Å². The van der Waals surface area contributed by atoms with Crippen molar-refractivity contribution in [1.82, 2.24) is 0 Å². The minimum absolute atomic E-state index is 0.620. The van der Waals surface area contributed by atoms with Gasteiger partial charge in [0.25, 0.3) is 0 Å². The second-order valence-electron chi connectivity index (χ2n) is 3.31. The molecule has 5 heteroatoms. The van der Waals surface area contributed by atoms with E-state index in [9.17, 15) is 0 Å². The number of nitrogens with one attached hydrogen (secondary N) is 1. The highest BCUT2D eigenvalue weighted by atomic mass is 35.5. The van der Waals surface area contributed by atoms with Crippen LogP contribution in [0.1, 0.15) is 4.88 Å². The van der Waals surface area contributed by atoms with Crippen LogP contribution in [0, 0.1) is 0 Å². The summed E-state index contributed by atoms with van der Waals surface area (Å²) in [4.78, 5) is 1.11. The standard InChI is InChI=1S/C11H10Cl2N2S/c12-7-3-8(13)5-9(4-7)15-6-11-10(14)1-2-16-11/h1-5,15H,6,14H2. The van der Waals surface area contributed by atoms with Crippen molar-refractivity contribution >= 4 is 45.9 Å². The van der Waals surface area contributed by atoms with Crippen molar-refractivity contribution in [3.05, 3.63) is 44.6 Å². The van der Waals surface area contributed by atoms with E-state index in [0.29, 0.717) is 16.6 Å². The SMILES string of the molecule is Nc1ccsc1CNc1cc(Cl)cc(Cl)c1. The molecular weight excluding hydrogens is 263 g/mol. The second kappa shape index (κ2) is 4.95. The lowest BCUT2D eigenvalue weighted by Crippen LogP contribution is -1.99. The lowest BCUT2D eigenvalue weighted by molar-refractivity contribution is 1.20. The topological polar surface area (TPSA) is 38.0 Å². The first-order valence-corrected chi connectivity index (χ1v) is 6.30. The van der Waals surface area contributed by atoms with Crippen LogP contribution in [0.5, 0.6) is 0 Å². The van der Waals surface area contributed by atoms with Crippen LogP contribution in [0.2, 0.25) is 10.0 Å². The molecule has 0 unspecified atom stereocenters. The zero-order valence-corrected chi connectivity index (χ0v) is 10.7. The van der Waals surface area contributed by atoms with Crippen molar-refractivity contribution in [1.29, 1.82) is 0 Å². The number of anilines is 2. The van der Waals surface area contributed by atoms with Gasteiger partial charge < -0.3 is 11.1 Å². The lowest BCUT2D eigenvalue weighted by Gasteiger charge is -2.06. The van der Waals surface area contributed by atoms with Crippen molar-refractivity contribution in [2.75, 3.05) is 11.1 Å². The fourth-order valence-electron chi connectivity index (χ4n) is 1.33. The normalized spacial score (nSPS) is 10.4. The van der Waals surface area contributed by atoms with Crippen LogP contribution >= 0.6 is 34.5 Å². The third kappa shape index (κ3) is 2.82. The van der Waals surface area contributed by atoms with Gasteiger partial charge in [0.2, 0.25) is 0 Å². The van der Waals surface area contributed by atoms with Gasteiger partial charge in [0, 0.05) is 26.3 Å². The highest BCUT2D eigenvalue weighted by Gasteiger charge is 2.01. The monoisotopic (exact) mass is 272 g/mol. The fourth-order valence-corrected chi connectivity index (χ4v) is 2.60. The van der Waals surface area contributed by atoms with Gasteiger partial charge in [-0.05, 0) is 29.6 Å². The molecule has 3 N–H and O–H groups in total. The molecule has 1 aromatic heterocycles. The number of benzene rings is 1. The summed E-state index contributed by atoms with van der Waals surface area (Å²) >= 11 is 13.4. The van der Waals surface area contributed by atoms with E-state index in [4.69, 9.17) is 28.9 Å². The summed E-state index contributed by atoms with van der Waals surface area (Å²) in [6, 6.07) is 7.26. The zero-order chi connectivity index (χ0) is 11.5. The van der Waals surface area contributed by atoms with Gasteiger partial charge in [-0.2, -0.15) is 0 Å². The summed E-state index contributed by atoms with van der Waals surface area (Å²) in [6.07, 6.45) is 0. The van der Waals surface area contributed by atoms with Gasteiger partial charge in [-0.3, -0.25) is 0 Å². The van der Waals surface area contributed by atoms with Crippen molar-refractivity contribution in [2.45, 2.75) is 6.54 Å². The van der Waals surface area contributed by atoms with Crippen LogP contribution in [-0.4, -0.2) is 0 Å². The van der Waals surface area contributed by atoms with Gasteiger partial charge in [-0.25, -0.2) is 0 Å². The van der Waals surface area contributed by atoms with Crippen LogP contribution in [0.3, 0.4) is 0 Å². The van der Waals surface area contributed by atoms with E-state index in [1.165, 1.54) is 0 Å². The van der Waals surface area contributed by atoms with Crippen molar-refractivity contribution in [2.24, 2.45) is 0 Å². The third-order valence-electron chi connectivity index (χ3n) is 2.10. The zero-order valence-electron chi connectivity index (χ0n) is 8.34. The number of nitrogen functional groups attached to an aromatic ring is 1. The Hall–Kier alpha value is -0.900. The summed E-state index contributed by atoms with van der Waals surface area (Å²) in [5.74, 6) is 0. The summed E-state index contributed by atoms with van der Waals surface area (Å²) in [5.41, 5.74) is 7.49. The van der Waals surface area contributed by atoms with E-state index in [1.54, 1.807) is 17.4 Å². The quantitative estimate of drug-likeness (QED) is 0.877. The third-order valence-corrected chi connectivity index (χ3v) is 3.47. The van der Waals surface area contributed by atoms with Gasteiger partial charge in [0.15, 0.2) is 0 Å². The summed E-state index contributed by atoms with van der Waals surface area (Å²) < 4.78 is 0. The maximum absolute atomic E-state index is 5.90. The molecule has 0 fully saturated rings. The van der Waals surface area contributed by atoms with Crippen LogP contribution in [0.25, 0.3) is 0 Å². The van der Waals surface area contributed by atoms with E-state index in [2.05, 4.69) is 5.32 Å². The molecule has 2 rings (SSSR count). The Morgan fingerprint density at radius 1 is 1.19 bits per heavy atom. The molecular formula is C11H10Cl2N2S. The molecule has 1 aromatic carbocycles. The number of hydrogen-bond donors (Lipinski definition) is 2. The van der Waals surface area contributed by atoms with Gasteiger partial charge in [-0.1, -0.05) is 23.2 Å². The van der Waals surface area contributed by atoms with Gasteiger partial charge in [0.05, 0.1) is 6.54 Å². The highest BCUT2D eigenvalue weighted by molar-refractivity contribution is 7.10. The molecule has 0 atom stereocenters. The minimum atomic E-state index is 0.620. The molecule has 84 valence electrons. The smallest absolute Gasteiger partial charge is 0.0514 e. The van der Waals surface area contributed by atoms with Crippen LogP contribution in [0.4, 0.5) is 11.4 Å². The largest absolute Gasteiger partial charge is 0.398 e. The Kier molecular flexibility index (Phi) is 3.59. The Morgan fingerprint density at radius 3 is 2.44 bits per heavy atom. The maximum atomic E-state index is 5.90. The fraction of sp³-hybridized carbons (Fsp3) is 0.0909. The average molecular weight is 273 g/mol. The van der Waals surface area contributed by atoms with Crippen LogP contribution in [-0.2, 0) is 6.54 Å². The Bertz CT molecular complexity index is 476. The molecule has 0 spiro atoms. The number of halogens is 2. The molecule has 2 nitrogen and oxygen atoms in total. The first kappa shape index (κ1) is 11.6. The molecule has 0 bridgehead atoms. The first-order valence-electron chi connectivity index (χ1n) is 4.67. The molecule has 2 aromatic rings. The molecule has 0 amide bonds. The number of thiophene rings is 1. The van der Waals surface area contributed by atoms with E-state index >= 15 is 0 Å². The van der Waals surface area contributed by atoms with Crippen LogP contribution < -0.4 is 11.1 Å². The highest BCUT2D eigenvalue weighted by Crippen LogP contribution is 2.24. The van der Waals surface area contributed by atoms with Crippen LogP contribution in [0.15, 0.2) is 29.6 Å². The van der Waals surface area contributed by atoms with E-state index < -0.39 is 0 Å². The number of rotatable bonds is 3. The molecule has 16 heavy (non-hydrogen) atoms. The molecule has 0 aliphatic carbocycles. The summed E-state index contributed by atoms with van der Waals surface area (Å²) in [7, 11) is 0. The van der Waals surface area contributed by atoms with E-state index in [0.717, 1.165) is 16.3 Å². The summed E-state index contributed by atoms with van der Waals surface area (Å²) in [5, 5.41) is 6.44. The van der Waals surface area contributed by atoms with Crippen molar-refractivity contribution in [3.8, 4) is 0 Å². The molecule has 0 saturated heterocycles. The predicted octanol–water partition coefficient (Wildman–Crippen LogP) is 4.25. The minimum Gasteiger partial charge on any atom is -0.398 e. The first-order chi connectivity index (χ1) is 7.65. The maximum Gasteiger partial charge on any atom is 0.0514 e. The summed E-state index contributed by atoms with van der Waals surface area (Å²) in [6.45, 7) is 0.681. The Labute approximate surface area is 108 Å². The average Bonchev–Trinajstić information content (AvgIpc) is 2.59. The van der Waals surface area contributed by atoms with Gasteiger partial charge in [-0.15, -0.1) is 11.3 Å². The lowest BCUT2D eigenvalue weighted by atomic mass is 10.3. The number of nitrogens with two attached hydrogens (primary N) is 1. The number of hydrogen-bond acceptors (Lipinski definition) is 3. The predicted molar refractivity (Wildman–Crippen MR) is 72.5 cm³/mol. The molecule has 0 saturated carbocycles. The molecule has 0 aliphatic rings. The van der Waals surface area contributed by atoms with Crippen molar-refractivity contribution in [3.63, 3.8) is 0 Å². The second-order valence-corrected chi connectivity index (χ2v) is 5.18. The van der Waals surface area contributed by atoms with Crippen molar-refractivity contribution < 1.29 is 0 Å². The van der Waals surface area contributed by atoms with Gasteiger partial charge >= 0.3 is 0 Å². The van der Waals surface area contributed by atoms with Gasteiger partial charge in [0.1, 0.15) is 0 Å².